The first kappa shape index (κ1) is 15.3. The van der Waals surface area contributed by atoms with Crippen molar-refractivity contribution in [1.29, 1.82) is 0 Å². The minimum Gasteiger partial charge on any atom is -0.377 e. The predicted molar refractivity (Wildman–Crippen MR) is 80.6 cm³/mol. The molecule has 19 heavy (non-hydrogen) atoms. The van der Waals surface area contributed by atoms with Crippen LogP contribution in [0, 0.1) is 0 Å². The van der Waals surface area contributed by atoms with Crippen molar-refractivity contribution in [3.05, 3.63) is 0 Å². The van der Waals surface area contributed by atoms with Gasteiger partial charge in [-0.15, -0.1) is 0 Å². The highest BCUT2D eigenvalue weighted by Crippen LogP contribution is 2.30. The molecule has 0 aromatic heterocycles. The highest BCUT2D eigenvalue weighted by molar-refractivity contribution is 4.93. The minimum atomic E-state index is 0.0708. The van der Waals surface area contributed by atoms with Crippen LogP contribution in [0.2, 0.25) is 0 Å². The summed E-state index contributed by atoms with van der Waals surface area (Å²) < 4.78 is 5.76. The zero-order chi connectivity index (χ0) is 13.7. The smallest absolute Gasteiger partial charge is 0.0777 e. The first-order valence-corrected chi connectivity index (χ1v) is 8.21. The van der Waals surface area contributed by atoms with Crippen LogP contribution >= 0.6 is 0 Å². The summed E-state index contributed by atoms with van der Waals surface area (Å²) in [5.74, 6) is 0. The Morgan fingerprint density at radius 3 is 2.74 bits per heavy atom. The van der Waals surface area contributed by atoms with E-state index in [0.717, 1.165) is 19.1 Å². The summed E-state index contributed by atoms with van der Waals surface area (Å²) in [5.41, 5.74) is 0.0708. The molecule has 1 aliphatic heterocycles. The molecule has 1 N–H and O–H groups in total. The standard InChI is InChI=1S/C16H32N2O/c1-4-17-14-9-6-5-7-10-15(14)18-12-8-11-16(2,13-18)19-3/h14-15,17H,4-13H2,1-3H3. The van der Waals surface area contributed by atoms with Crippen LogP contribution in [0.25, 0.3) is 0 Å². The highest BCUT2D eigenvalue weighted by Gasteiger charge is 2.36. The Morgan fingerprint density at radius 2 is 2.00 bits per heavy atom. The maximum atomic E-state index is 5.76. The first-order valence-electron chi connectivity index (χ1n) is 8.21. The van der Waals surface area contributed by atoms with Crippen LogP contribution in [0.4, 0.5) is 0 Å². The second kappa shape index (κ2) is 7.05. The number of hydrogen-bond acceptors (Lipinski definition) is 3. The molecule has 0 aromatic carbocycles. The van der Waals surface area contributed by atoms with E-state index in [1.54, 1.807) is 0 Å². The minimum absolute atomic E-state index is 0.0708. The molecule has 1 saturated heterocycles. The zero-order valence-electron chi connectivity index (χ0n) is 13.1. The molecule has 1 aliphatic carbocycles. The number of hydrogen-bond donors (Lipinski definition) is 1. The third-order valence-electron chi connectivity index (χ3n) is 5.10. The lowest BCUT2D eigenvalue weighted by molar-refractivity contribution is -0.0655. The average Bonchev–Trinajstić information content (AvgIpc) is 2.65. The molecular formula is C16H32N2O. The molecule has 2 aliphatic rings. The van der Waals surface area contributed by atoms with Gasteiger partial charge in [-0.1, -0.05) is 26.2 Å². The fourth-order valence-electron chi connectivity index (χ4n) is 3.92. The lowest BCUT2D eigenvalue weighted by Gasteiger charge is -2.45. The molecule has 2 fully saturated rings. The summed E-state index contributed by atoms with van der Waals surface area (Å²) >= 11 is 0. The van der Waals surface area contributed by atoms with Gasteiger partial charge in [-0.25, -0.2) is 0 Å². The lowest BCUT2D eigenvalue weighted by atomic mass is 9.91. The lowest BCUT2D eigenvalue weighted by Crippen LogP contribution is -2.56. The second-order valence-corrected chi connectivity index (χ2v) is 6.60. The van der Waals surface area contributed by atoms with E-state index in [0.29, 0.717) is 6.04 Å². The quantitative estimate of drug-likeness (QED) is 0.794. The summed E-state index contributed by atoms with van der Waals surface area (Å²) in [6, 6.07) is 1.41. The van der Waals surface area contributed by atoms with Crippen molar-refractivity contribution in [3.63, 3.8) is 0 Å². The van der Waals surface area contributed by atoms with E-state index >= 15 is 0 Å². The van der Waals surface area contributed by atoms with Crippen molar-refractivity contribution in [2.75, 3.05) is 26.7 Å². The third kappa shape index (κ3) is 3.93. The van der Waals surface area contributed by atoms with Crippen LogP contribution in [0.15, 0.2) is 0 Å². The van der Waals surface area contributed by atoms with Gasteiger partial charge in [0.05, 0.1) is 5.60 Å². The van der Waals surface area contributed by atoms with Crippen molar-refractivity contribution < 1.29 is 4.74 Å². The van der Waals surface area contributed by atoms with Crippen LogP contribution in [-0.2, 0) is 4.74 Å². The van der Waals surface area contributed by atoms with Crippen LogP contribution in [0.1, 0.15) is 58.8 Å². The number of likely N-dealkylation sites (N-methyl/N-ethyl adjacent to an activating group) is 1. The van der Waals surface area contributed by atoms with Crippen molar-refractivity contribution in [2.45, 2.75) is 76.5 Å². The van der Waals surface area contributed by atoms with Gasteiger partial charge in [0.1, 0.15) is 0 Å². The molecule has 112 valence electrons. The molecule has 0 radical (unpaired) electrons. The van der Waals surface area contributed by atoms with Crippen LogP contribution < -0.4 is 5.32 Å². The molecule has 0 spiro atoms. The van der Waals surface area contributed by atoms with Crippen molar-refractivity contribution >= 4 is 0 Å². The SMILES string of the molecule is CCNC1CCCCCC1N1CCCC(C)(OC)C1. The van der Waals surface area contributed by atoms with Gasteiger partial charge in [0.15, 0.2) is 0 Å². The van der Waals surface area contributed by atoms with Crippen molar-refractivity contribution in [3.8, 4) is 0 Å². The maximum Gasteiger partial charge on any atom is 0.0777 e. The molecule has 1 heterocycles. The molecule has 2 rings (SSSR count). The summed E-state index contributed by atoms with van der Waals surface area (Å²) in [4.78, 5) is 2.71. The summed E-state index contributed by atoms with van der Waals surface area (Å²) in [6.45, 7) is 7.97. The van der Waals surface area contributed by atoms with Crippen molar-refractivity contribution in [2.24, 2.45) is 0 Å². The molecule has 3 heteroatoms. The first-order chi connectivity index (χ1) is 9.18. The molecule has 0 bridgehead atoms. The van der Waals surface area contributed by atoms with E-state index < -0.39 is 0 Å². The summed E-state index contributed by atoms with van der Waals surface area (Å²) in [5, 5.41) is 3.73. The van der Waals surface area contributed by atoms with Gasteiger partial charge in [-0.2, -0.15) is 0 Å². The van der Waals surface area contributed by atoms with Gasteiger partial charge in [0, 0.05) is 25.7 Å². The van der Waals surface area contributed by atoms with E-state index in [2.05, 4.69) is 24.1 Å². The Labute approximate surface area is 119 Å². The van der Waals surface area contributed by atoms with E-state index in [9.17, 15) is 0 Å². The number of methoxy groups -OCH3 is 1. The normalized spacial score (nSPS) is 38.1. The van der Waals surface area contributed by atoms with E-state index in [4.69, 9.17) is 4.74 Å². The van der Waals surface area contributed by atoms with Gasteiger partial charge in [-0.3, -0.25) is 4.90 Å². The Kier molecular flexibility index (Phi) is 5.67. The molecular weight excluding hydrogens is 236 g/mol. The van der Waals surface area contributed by atoms with Gasteiger partial charge >= 0.3 is 0 Å². The maximum absolute atomic E-state index is 5.76. The molecule has 0 aromatic rings. The van der Waals surface area contributed by atoms with E-state index in [-0.39, 0.29) is 5.60 Å². The van der Waals surface area contributed by atoms with Crippen LogP contribution in [0.3, 0.4) is 0 Å². The van der Waals surface area contributed by atoms with E-state index in [1.165, 1.54) is 51.5 Å². The van der Waals surface area contributed by atoms with Gasteiger partial charge in [-0.05, 0) is 45.7 Å². The molecule has 1 saturated carbocycles. The zero-order valence-corrected chi connectivity index (χ0v) is 13.1. The van der Waals surface area contributed by atoms with Gasteiger partial charge in [0.25, 0.3) is 0 Å². The fourth-order valence-corrected chi connectivity index (χ4v) is 3.92. The van der Waals surface area contributed by atoms with Crippen LogP contribution in [0.5, 0.6) is 0 Å². The fraction of sp³-hybridized carbons (Fsp3) is 1.00. The molecule has 0 amide bonds. The van der Waals surface area contributed by atoms with Gasteiger partial charge < -0.3 is 10.1 Å². The molecule has 3 unspecified atom stereocenters. The van der Waals surface area contributed by atoms with Crippen LogP contribution in [-0.4, -0.2) is 49.3 Å². The van der Waals surface area contributed by atoms with Crippen molar-refractivity contribution in [1.82, 2.24) is 10.2 Å². The largest absolute Gasteiger partial charge is 0.377 e. The van der Waals surface area contributed by atoms with E-state index in [1.807, 2.05) is 7.11 Å². The topological polar surface area (TPSA) is 24.5 Å². The Balaban J connectivity index is 2.03. The molecule has 3 atom stereocenters. The number of nitrogens with one attached hydrogen (secondary N) is 1. The number of piperidine rings is 1. The average molecular weight is 268 g/mol. The Hall–Kier alpha value is -0.120. The predicted octanol–water partition coefficient (Wildman–Crippen LogP) is 2.80. The number of likely N-dealkylation sites (tertiary alicyclic amines) is 1. The summed E-state index contributed by atoms with van der Waals surface area (Å²) in [6.07, 6.45) is 9.39. The molecule has 3 nitrogen and oxygen atoms in total. The summed E-state index contributed by atoms with van der Waals surface area (Å²) in [7, 11) is 1.87. The Bertz CT molecular complexity index is 271. The third-order valence-corrected chi connectivity index (χ3v) is 5.10. The Morgan fingerprint density at radius 1 is 1.21 bits per heavy atom. The number of rotatable bonds is 4. The number of ether oxygens (including phenoxy) is 1. The monoisotopic (exact) mass is 268 g/mol. The second-order valence-electron chi connectivity index (χ2n) is 6.60. The highest BCUT2D eigenvalue weighted by atomic mass is 16.5. The van der Waals surface area contributed by atoms with Gasteiger partial charge in [0.2, 0.25) is 0 Å². The number of nitrogens with zero attached hydrogens (tertiary/aromatic N) is 1.